The zero-order valence-electron chi connectivity index (χ0n) is 16.4. The smallest absolute Gasteiger partial charge is 0.248 e. The maximum absolute atomic E-state index is 14.5. The minimum absolute atomic E-state index is 0.0515. The van der Waals surface area contributed by atoms with E-state index in [9.17, 15) is 9.18 Å². The van der Waals surface area contributed by atoms with Crippen molar-refractivity contribution >= 4 is 17.4 Å². The molecule has 0 saturated carbocycles. The van der Waals surface area contributed by atoms with Gasteiger partial charge in [-0.2, -0.15) is 0 Å². The van der Waals surface area contributed by atoms with Crippen LogP contribution >= 0.6 is 0 Å². The molecule has 2 aromatic carbocycles. The molecule has 1 amide bonds. The van der Waals surface area contributed by atoms with Crippen LogP contribution in [0.15, 0.2) is 53.1 Å². The van der Waals surface area contributed by atoms with Gasteiger partial charge in [0.15, 0.2) is 28.9 Å². The molecule has 0 aliphatic carbocycles. The molecule has 0 aliphatic rings. The van der Waals surface area contributed by atoms with Crippen LogP contribution in [0, 0.1) is 12.7 Å². The number of anilines is 2. The highest BCUT2D eigenvalue weighted by Gasteiger charge is 2.19. The third-order valence-corrected chi connectivity index (χ3v) is 4.17. The fraction of sp³-hybridized carbons (Fsp3) is 0.238. The van der Waals surface area contributed by atoms with E-state index in [1.807, 2.05) is 6.92 Å². The van der Waals surface area contributed by atoms with Crippen LogP contribution in [-0.4, -0.2) is 24.2 Å². The van der Waals surface area contributed by atoms with Gasteiger partial charge in [0, 0.05) is 17.8 Å². The zero-order valence-corrected chi connectivity index (χ0v) is 16.4. The molecule has 29 heavy (non-hydrogen) atoms. The molecule has 1 aromatic heterocycles. The largest absolute Gasteiger partial charge is 0.493 e. The lowest BCUT2D eigenvalue weighted by molar-refractivity contribution is -0.117. The van der Waals surface area contributed by atoms with E-state index in [0.29, 0.717) is 35.2 Å². The second kappa shape index (κ2) is 9.09. The predicted molar refractivity (Wildman–Crippen MR) is 107 cm³/mol. The summed E-state index contributed by atoms with van der Waals surface area (Å²) >= 11 is 0. The summed E-state index contributed by atoms with van der Waals surface area (Å²) in [4.78, 5) is 12.4. The SMILES string of the molecule is CCC(Nc1ccc(Oc2ccccc2OC)c(F)c1)C(=O)Nc1cc(C)on1. The molecular formula is C21H22FN3O4. The molecule has 1 unspecified atom stereocenters. The van der Waals surface area contributed by atoms with E-state index in [1.54, 1.807) is 43.3 Å². The third kappa shape index (κ3) is 5.04. The van der Waals surface area contributed by atoms with E-state index >= 15 is 0 Å². The highest BCUT2D eigenvalue weighted by Crippen LogP contribution is 2.33. The average Bonchev–Trinajstić information content (AvgIpc) is 3.12. The summed E-state index contributed by atoms with van der Waals surface area (Å²) in [6.07, 6.45) is 0.490. The van der Waals surface area contributed by atoms with Crippen LogP contribution in [0.5, 0.6) is 17.2 Å². The number of hydrogen-bond acceptors (Lipinski definition) is 6. The number of carbonyl (C=O) groups is 1. The van der Waals surface area contributed by atoms with E-state index in [4.69, 9.17) is 14.0 Å². The Morgan fingerprint density at radius 1 is 1.17 bits per heavy atom. The van der Waals surface area contributed by atoms with Crippen molar-refractivity contribution in [1.29, 1.82) is 0 Å². The molecule has 0 saturated heterocycles. The molecule has 3 rings (SSSR count). The molecule has 3 aromatic rings. The lowest BCUT2D eigenvalue weighted by atomic mass is 10.2. The van der Waals surface area contributed by atoms with Crippen LogP contribution in [0.3, 0.4) is 0 Å². The van der Waals surface area contributed by atoms with Gasteiger partial charge in [0.05, 0.1) is 7.11 Å². The molecule has 2 N–H and O–H groups in total. The summed E-state index contributed by atoms with van der Waals surface area (Å²) in [7, 11) is 1.52. The first-order chi connectivity index (χ1) is 14.0. The first kappa shape index (κ1) is 20.2. The number of carbonyl (C=O) groups excluding carboxylic acids is 1. The predicted octanol–water partition coefficient (Wildman–Crippen LogP) is 4.75. The highest BCUT2D eigenvalue weighted by molar-refractivity contribution is 5.95. The molecule has 1 atom stereocenters. The molecule has 152 valence electrons. The third-order valence-electron chi connectivity index (χ3n) is 4.17. The summed E-state index contributed by atoms with van der Waals surface area (Å²) in [5.41, 5.74) is 0.452. The number of para-hydroxylation sites is 2. The quantitative estimate of drug-likeness (QED) is 0.568. The van der Waals surface area contributed by atoms with Gasteiger partial charge in [-0.15, -0.1) is 0 Å². The molecule has 8 heteroatoms. The lowest BCUT2D eigenvalue weighted by Gasteiger charge is -2.18. The van der Waals surface area contributed by atoms with Crippen LogP contribution in [0.2, 0.25) is 0 Å². The van der Waals surface area contributed by atoms with Crippen LogP contribution in [-0.2, 0) is 4.79 Å². The maximum Gasteiger partial charge on any atom is 0.248 e. The number of benzene rings is 2. The second-order valence-corrected chi connectivity index (χ2v) is 6.32. The molecule has 0 aliphatic heterocycles. The van der Waals surface area contributed by atoms with Gasteiger partial charge in [-0.05, 0) is 37.6 Å². The highest BCUT2D eigenvalue weighted by atomic mass is 19.1. The van der Waals surface area contributed by atoms with E-state index < -0.39 is 11.9 Å². The van der Waals surface area contributed by atoms with Gasteiger partial charge >= 0.3 is 0 Å². The van der Waals surface area contributed by atoms with Gasteiger partial charge < -0.3 is 24.6 Å². The molecule has 0 fully saturated rings. The maximum atomic E-state index is 14.5. The van der Waals surface area contributed by atoms with Crippen molar-refractivity contribution in [1.82, 2.24) is 5.16 Å². The number of halogens is 1. The minimum atomic E-state index is -0.576. The van der Waals surface area contributed by atoms with Crippen molar-refractivity contribution in [2.75, 3.05) is 17.7 Å². The number of rotatable bonds is 8. The summed E-state index contributed by atoms with van der Waals surface area (Å²) in [6.45, 7) is 3.58. The number of nitrogens with one attached hydrogen (secondary N) is 2. The normalized spacial score (nSPS) is 11.6. The van der Waals surface area contributed by atoms with Crippen molar-refractivity contribution in [3.63, 3.8) is 0 Å². The van der Waals surface area contributed by atoms with Gasteiger partial charge in [0.1, 0.15) is 11.8 Å². The Morgan fingerprint density at radius 2 is 1.93 bits per heavy atom. The first-order valence-corrected chi connectivity index (χ1v) is 9.11. The number of methoxy groups -OCH3 is 1. The van der Waals surface area contributed by atoms with E-state index in [-0.39, 0.29) is 11.7 Å². The Bertz CT molecular complexity index is 990. The van der Waals surface area contributed by atoms with E-state index in [1.165, 1.54) is 19.2 Å². The Hall–Kier alpha value is -3.55. The molecule has 0 spiro atoms. The lowest BCUT2D eigenvalue weighted by Crippen LogP contribution is -2.34. The monoisotopic (exact) mass is 399 g/mol. The van der Waals surface area contributed by atoms with Gasteiger partial charge in [0.25, 0.3) is 0 Å². The Kier molecular flexibility index (Phi) is 6.33. The number of aromatic nitrogens is 1. The van der Waals surface area contributed by atoms with Crippen LogP contribution in [0.1, 0.15) is 19.1 Å². The van der Waals surface area contributed by atoms with E-state index in [0.717, 1.165) is 0 Å². The van der Waals surface area contributed by atoms with Gasteiger partial charge in [-0.1, -0.05) is 24.2 Å². The molecule has 7 nitrogen and oxygen atoms in total. The molecule has 0 radical (unpaired) electrons. The minimum Gasteiger partial charge on any atom is -0.493 e. The van der Waals surface area contributed by atoms with Crippen LogP contribution < -0.4 is 20.1 Å². The summed E-state index contributed by atoms with van der Waals surface area (Å²) < 4.78 is 30.3. The molecular weight excluding hydrogens is 377 g/mol. The number of hydrogen-bond donors (Lipinski definition) is 2. The summed E-state index contributed by atoms with van der Waals surface area (Å²) in [6, 6.07) is 12.4. The number of amides is 1. The standard InChI is InChI=1S/C21H22FN3O4/c1-4-16(21(26)24-20-11-13(2)29-25-20)23-14-9-10-17(15(22)12-14)28-19-8-6-5-7-18(19)27-3/h5-12,16,23H,4H2,1-3H3,(H,24,25,26). The Labute approximate surface area is 167 Å². The summed E-state index contributed by atoms with van der Waals surface area (Å²) in [5.74, 6) is 1.02. The van der Waals surface area contributed by atoms with Crippen molar-refractivity contribution < 1.29 is 23.2 Å². The second-order valence-electron chi connectivity index (χ2n) is 6.32. The fourth-order valence-corrected chi connectivity index (χ4v) is 2.69. The average molecular weight is 399 g/mol. The Balaban J connectivity index is 1.69. The number of aryl methyl sites for hydroxylation is 1. The molecule has 1 heterocycles. The number of ether oxygens (including phenoxy) is 2. The van der Waals surface area contributed by atoms with Gasteiger partial charge in [0.2, 0.25) is 5.91 Å². The van der Waals surface area contributed by atoms with Crippen LogP contribution in [0.25, 0.3) is 0 Å². The number of nitrogens with zero attached hydrogens (tertiary/aromatic N) is 1. The molecule has 0 bridgehead atoms. The topological polar surface area (TPSA) is 85.6 Å². The van der Waals surface area contributed by atoms with Crippen molar-refractivity contribution in [2.24, 2.45) is 0 Å². The van der Waals surface area contributed by atoms with Crippen molar-refractivity contribution in [3.8, 4) is 17.2 Å². The van der Waals surface area contributed by atoms with Crippen molar-refractivity contribution in [3.05, 3.63) is 60.1 Å². The van der Waals surface area contributed by atoms with Gasteiger partial charge in [-0.3, -0.25) is 4.79 Å². The van der Waals surface area contributed by atoms with E-state index in [2.05, 4.69) is 15.8 Å². The Morgan fingerprint density at radius 3 is 2.55 bits per heavy atom. The van der Waals surface area contributed by atoms with Crippen molar-refractivity contribution in [2.45, 2.75) is 26.3 Å². The van der Waals surface area contributed by atoms with Crippen LogP contribution in [0.4, 0.5) is 15.9 Å². The first-order valence-electron chi connectivity index (χ1n) is 9.11. The van der Waals surface area contributed by atoms with Gasteiger partial charge in [-0.25, -0.2) is 4.39 Å². The summed E-state index contributed by atoms with van der Waals surface area (Å²) in [5, 5.41) is 9.42. The fourth-order valence-electron chi connectivity index (χ4n) is 2.69. The zero-order chi connectivity index (χ0) is 20.8.